The monoisotopic (exact) mass is 362 g/mol. The van der Waals surface area contributed by atoms with Crippen LogP contribution in [0.4, 0.5) is 4.39 Å². The summed E-state index contributed by atoms with van der Waals surface area (Å²) in [6, 6.07) is 5.97. The van der Waals surface area contributed by atoms with Gasteiger partial charge in [-0.05, 0) is 24.6 Å². The van der Waals surface area contributed by atoms with Crippen LogP contribution in [0, 0.1) is 24.1 Å². The molecule has 1 aromatic carbocycles. The molecule has 0 saturated heterocycles. The molecule has 2 aromatic rings. The third-order valence-electron chi connectivity index (χ3n) is 3.27. The Labute approximate surface area is 147 Å². The van der Waals surface area contributed by atoms with Crippen molar-refractivity contribution in [1.82, 2.24) is 4.98 Å². The number of benzene rings is 1. The summed E-state index contributed by atoms with van der Waals surface area (Å²) in [6.45, 7) is 1.22. The number of Topliss-reactive ketones (excluding diaryl/α,β-unsaturated/α-hetero) is 1. The number of aromatic nitrogens is 1. The maximum atomic E-state index is 13.6. The van der Waals surface area contributed by atoms with Crippen LogP contribution < -0.4 is 4.74 Å². The van der Waals surface area contributed by atoms with E-state index in [9.17, 15) is 14.0 Å². The molecule has 130 valence electrons. The van der Waals surface area contributed by atoms with Gasteiger partial charge < -0.3 is 9.47 Å². The smallest absolute Gasteiger partial charge is 0.310 e. The molecule has 0 unspecified atom stereocenters. The zero-order valence-electron chi connectivity index (χ0n) is 13.6. The second-order valence-electron chi connectivity index (χ2n) is 5.16. The molecule has 2 rings (SSSR count). The molecule has 0 aliphatic rings. The van der Waals surface area contributed by atoms with Crippen molar-refractivity contribution in [3.05, 3.63) is 45.7 Å². The quantitative estimate of drug-likeness (QED) is 0.703. The molecule has 6 nitrogen and oxygen atoms in total. The summed E-state index contributed by atoms with van der Waals surface area (Å²) >= 11 is 1.20. The Balaban J connectivity index is 1.91. The van der Waals surface area contributed by atoms with Crippen molar-refractivity contribution in [3.63, 3.8) is 0 Å². The number of carbonyl (C=O) groups is 2. The molecule has 0 aliphatic heterocycles. The summed E-state index contributed by atoms with van der Waals surface area (Å²) in [6.07, 6.45) is -0.193. The van der Waals surface area contributed by atoms with Gasteiger partial charge in [0, 0.05) is 11.1 Å². The Morgan fingerprint density at radius 2 is 2.20 bits per heavy atom. The van der Waals surface area contributed by atoms with Gasteiger partial charge in [0.15, 0.2) is 29.9 Å². The summed E-state index contributed by atoms with van der Waals surface area (Å²) in [5.41, 5.74) is 1.11. The first-order valence-corrected chi connectivity index (χ1v) is 8.15. The summed E-state index contributed by atoms with van der Waals surface area (Å²) in [5, 5.41) is 11.2. The molecular weight excluding hydrogens is 347 g/mol. The van der Waals surface area contributed by atoms with Crippen LogP contribution in [-0.2, 0) is 20.7 Å². The van der Waals surface area contributed by atoms with Gasteiger partial charge in [-0.2, -0.15) is 5.26 Å². The number of methoxy groups -OCH3 is 1. The average Bonchev–Trinajstić information content (AvgIpc) is 3.00. The van der Waals surface area contributed by atoms with Gasteiger partial charge in [-0.25, -0.2) is 9.37 Å². The molecule has 0 aliphatic carbocycles. The number of ether oxygens (including phenoxy) is 2. The van der Waals surface area contributed by atoms with Crippen molar-refractivity contribution in [3.8, 4) is 11.8 Å². The number of hydrogen-bond acceptors (Lipinski definition) is 7. The molecule has 0 radical (unpaired) electrons. The van der Waals surface area contributed by atoms with Gasteiger partial charge in [-0.15, -0.1) is 11.3 Å². The first kappa shape index (κ1) is 18.5. The van der Waals surface area contributed by atoms with Crippen LogP contribution in [0.2, 0.25) is 0 Å². The Morgan fingerprint density at radius 1 is 1.44 bits per heavy atom. The highest BCUT2D eigenvalue weighted by atomic mass is 32.1. The lowest BCUT2D eigenvalue weighted by molar-refractivity contribution is -0.147. The van der Waals surface area contributed by atoms with Crippen molar-refractivity contribution in [2.75, 3.05) is 13.7 Å². The number of ketones is 1. The second kappa shape index (κ2) is 8.35. The van der Waals surface area contributed by atoms with Gasteiger partial charge in [0.25, 0.3) is 0 Å². The van der Waals surface area contributed by atoms with E-state index in [1.165, 1.54) is 36.6 Å². The van der Waals surface area contributed by atoms with Gasteiger partial charge in [-0.3, -0.25) is 9.59 Å². The average molecular weight is 362 g/mol. The lowest BCUT2D eigenvalue weighted by Gasteiger charge is -2.08. The van der Waals surface area contributed by atoms with Gasteiger partial charge in [0.05, 0.1) is 19.6 Å². The Kier molecular flexibility index (Phi) is 6.19. The third kappa shape index (κ3) is 4.84. The van der Waals surface area contributed by atoms with Crippen LogP contribution in [0.25, 0.3) is 0 Å². The summed E-state index contributed by atoms with van der Waals surface area (Å²) < 4.78 is 23.3. The number of halogens is 1. The van der Waals surface area contributed by atoms with E-state index in [4.69, 9.17) is 14.7 Å². The van der Waals surface area contributed by atoms with Crippen LogP contribution in [0.5, 0.6) is 5.75 Å². The van der Waals surface area contributed by atoms with E-state index in [2.05, 4.69) is 4.98 Å². The maximum absolute atomic E-state index is 13.6. The highest BCUT2D eigenvalue weighted by Gasteiger charge is 2.24. The minimum atomic E-state index is -1.06. The number of esters is 1. The van der Waals surface area contributed by atoms with E-state index in [1.54, 1.807) is 12.3 Å². The van der Waals surface area contributed by atoms with Gasteiger partial charge in [0.1, 0.15) is 5.01 Å². The number of aryl methyl sites for hydroxylation is 1. The number of rotatable bonds is 7. The van der Waals surface area contributed by atoms with E-state index in [1.807, 2.05) is 6.07 Å². The first-order valence-electron chi connectivity index (χ1n) is 7.27. The van der Waals surface area contributed by atoms with Crippen LogP contribution >= 0.6 is 11.3 Å². The minimum absolute atomic E-state index is 0.0721. The van der Waals surface area contributed by atoms with E-state index in [0.717, 1.165) is 0 Å². The highest BCUT2D eigenvalue weighted by Crippen LogP contribution is 2.21. The Morgan fingerprint density at radius 3 is 2.76 bits per heavy atom. The van der Waals surface area contributed by atoms with E-state index < -0.39 is 30.1 Å². The number of thiazole rings is 1. The van der Waals surface area contributed by atoms with E-state index in [0.29, 0.717) is 16.3 Å². The van der Waals surface area contributed by atoms with Crippen LogP contribution in [0.15, 0.2) is 23.6 Å². The molecule has 1 atom stereocenters. The minimum Gasteiger partial charge on any atom is -0.494 e. The van der Waals surface area contributed by atoms with Crippen LogP contribution in [0.3, 0.4) is 0 Å². The fraction of sp³-hybridized carbons (Fsp3) is 0.294. The standard InChI is InChI=1S/C17H15FN2O4S/c1-10-9-25-17(20-10)12(7-19)14(21)8-24-16(22)6-11-3-4-15(23-2)13(18)5-11/h3-5,9,12H,6,8H2,1-2H3/t12-/m0/s1. The molecule has 25 heavy (non-hydrogen) atoms. The fourth-order valence-corrected chi connectivity index (χ4v) is 2.90. The molecule has 0 bridgehead atoms. The van der Waals surface area contributed by atoms with Crippen molar-refractivity contribution >= 4 is 23.1 Å². The summed E-state index contributed by atoms with van der Waals surface area (Å²) in [4.78, 5) is 28.0. The lowest BCUT2D eigenvalue weighted by Crippen LogP contribution is -2.20. The fourth-order valence-electron chi connectivity index (χ4n) is 2.04. The zero-order chi connectivity index (χ0) is 18.4. The Hall–Kier alpha value is -2.79. The van der Waals surface area contributed by atoms with Crippen LogP contribution in [-0.4, -0.2) is 30.5 Å². The van der Waals surface area contributed by atoms with Crippen molar-refractivity contribution in [2.45, 2.75) is 19.3 Å². The van der Waals surface area contributed by atoms with Crippen LogP contribution in [0.1, 0.15) is 22.2 Å². The molecule has 8 heteroatoms. The maximum Gasteiger partial charge on any atom is 0.310 e. The highest BCUT2D eigenvalue weighted by molar-refractivity contribution is 7.09. The van der Waals surface area contributed by atoms with Gasteiger partial charge >= 0.3 is 5.97 Å². The number of nitriles is 1. The molecule has 0 saturated carbocycles. The summed E-state index contributed by atoms with van der Waals surface area (Å²) in [7, 11) is 1.34. The predicted molar refractivity (Wildman–Crippen MR) is 87.8 cm³/mol. The zero-order valence-corrected chi connectivity index (χ0v) is 14.4. The molecule has 1 heterocycles. The third-order valence-corrected chi connectivity index (χ3v) is 4.30. The van der Waals surface area contributed by atoms with Crippen molar-refractivity contribution in [2.24, 2.45) is 0 Å². The number of hydrogen-bond donors (Lipinski definition) is 0. The number of carbonyl (C=O) groups excluding carboxylic acids is 2. The van der Waals surface area contributed by atoms with E-state index >= 15 is 0 Å². The predicted octanol–water partition coefficient (Wildman–Crippen LogP) is 2.56. The largest absolute Gasteiger partial charge is 0.494 e. The normalized spacial score (nSPS) is 11.4. The van der Waals surface area contributed by atoms with Crippen molar-refractivity contribution < 1.29 is 23.5 Å². The molecule has 0 N–H and O–H groups in total. The molecule has 0 spiro atoms. The molecule has 1 aromatic heterocycles. The Bertz CT molecular complexity index is 828. The van der Waals surface area contributed by atoms with Gasteiger partial charge in [-0.1, -0.05) is 6.07 Å². The molecule has 0 amide bonds. The molecular formula is C17H15FN2O4S. The lowest BCUT2D eigenvalue weighted by atomic mass is 10.1. The van der Waals surface area contributed by atoms with Crippen molar-refractivity contribution in [1.29, 1.82) is 5.26 Å². The molecule has 0 fully saturated rings. The second-order valence-corrected chi connectivity index (χ2v) is 6.05. The van der Waals surface area contributed by atoms with Gasteiger partial charge in [0.2, 0.25) is 0 Å². The SMILES string of the molecule is COc1ccc(CC(=O)OCC(=O)[C@H](C#N)c2nc(C)cs2)cc1F. The number of nitrogens with zero attached hydrogens (tertiary/aromatic N) is 2. The first-order chi connectivity index (χ1) is 11.9. The summed E-state index contributed by atoms with van der Waals surface area (Å²) in [5.74, 6) is -2.82. The topological polar surface area (TPSA) is 89.3 Å². The van der Waals surface area contributed by atoms with E-state index in [-0.39, 0.29) is 12.2 Å².